The molecule has 1 atom stereocenters. The lowest BCUT2D eigenvalue weighted by Gasteiger charge is -2.29. The molecule has 0 rings (SSSR count). The molecule has 15 heavy (non-hydrogen) atoms. The van der Waals surface area contributed by atoms with Crippen molar-refractivity contribution in [1.82, 2.24) is 4.90 Å². The van der Waals surface area contributed by atoms with E-state index in [1.54, 1.807) is 0 Å². The zero-order valence-electron chi connectivity index (χ0n) is 10.6. The van der Waals surface area contributed by atoms with E-state index in [1.165, 1.54) is 0 Å². The molecule has 0 spiro atoms. The minimum atomic E-state index is 0.148. The molecular formula is C12H26N2O. The van der Waals surface area contributed by atoms with Gasteiger partial charge in [-0.1, -0.05) is 20.3 Å². The van der Waals surface area contributed by atoms with Gasteiger partial charge in [0, 0.05) is 18.5 Å². The summed E-state index contributed by atoms with van der Waals surface area (Å²) < 4.78 is 0. The quantitative estimate of drug-likeness (QED) is 0.704. The van der Waals surface area contributed by atoms with Crippen LogP contribution in [0.15, 0.2) is 0 Å². The highest BCUT2D eigenvalue weighted by atomic mass is 16.2. The van der Waals surface area contributed by atoms with Crippen LogP contribution in [0, 0.1) is 5.92 Å². The third kappa shape index (κ3) is 5.17. The molecule has 0 radical (unpaired) electrons. The average molecular weight is 214 g/mol. The number of carbonyl (C=O) groups excluding carboxylic acids is 1. The smallest absolute Gasteiger partial charge is 0.225 e. The molecule has 0 aromatic heterocycles. The first-order valence-corrected chi connectivity index (χ1v) is 6.05. The molecule has 2 N–H and O–H groups in total. The molecule has 0 aliphatic carbocycles. The molecule has 0 bridgehead atoms. The Morgan fingerprint density at radius 1 is 1.33 bits per heavy atom. The largest absolute Gasteiger partial charge is 0.340 e. The second kappa shape index (κ2) is 7.69. The maximum absolute atomic E-state index is 12.1. The Hall–Kier alpha value is -0.570. The van der Waals surface area contributed by atoms with E-state index in [-0.39, 0.29) is 17.9 Å². The maximum atomic E-state index is 12.1. The van der Waals surface area contributed by atoms with Crippen molar-refractivity contribution in [3.05, 3.63) is 0 Å². The number of hydrogen-bond donors (Lipinski definition) is 1. The van der Waals surface area contributed by atoms with Crippen molar-refractivity contribution >= 4 is 5.91 Å². The Bertz CT molecular complexity index is 180. The van der Waals surface area contributed by atoms with E-state index in [0.29, 0.717) is 6.54 Å². The first kappa shape index (κ1) is 14.4. The van der Waals surface area contributed by atoms with Crippen molar-refractivity contribution in [1.29, 1.82) is 0 Å². The summed E-state index contributed by atoms with van der Waals surface area (Å²) in [4.78, 5) is 14.0. The first-order valence-electron chi connectivity index (χ1n) is 6.05. The summed E-state index contributed by atoms with van der Waals surface area (Å²) in [7, 11) is 0. The lowest BCUT2D eigenvalue weighted by Crippen LogP contribution is -2.41. The van der Waals surface area contributed by atoms with E-state index in [1.807, 2.05) is 11.8 Å². The fourth-order valence-corrected chi connectivity index (χ4v) is 1.72. The maximum Gasteiger partial charge on any atom is 0.225 e. The minimum absolute atomic E-state index is 0.148. The number of nitrogens with two attached hydrogens (primary N) is 1. The number of carbonyl (C=O) groups is 1. The molecule has 0 saturated heterocycles. The monoisotopic (exact) mass is 214 g/mol. The Labute approximate surface area is 94.0 Å². The van der Waals surface area contributed by atoms with Crippen molar-refractivity contribution in [2.75, 3.05) is 13.1 Å². The molecule has 0 aromatic rings. The van der Waals surface area contributed by atoms with Crippen LogP contribution < -0.4 is 5.73 Å². The van der Waals surface area contributed by atoms with Gasteiger partial charge in [-0.05, 0) is 33.2 Å². The summed E-state index contributed by atoms with van der Waals surface area (Å²) in [6.45, 7) is 9.70. The highest BCUT2D eigenvalue weighted by Gasteiger charge is 2.21. The van der Waals surface area contributed by atoms with Gasteiger partial charge in [-0.2, -0.15) is 0 Å². The lowest BCUT2D eigenvalue weighted by molar-refractivity contribution is -0.137. The summed E-state index contributed by atoms with van der Waals surface area (Å²) >= 11 is 0. The van der Waals surface area contributed by atoms with E-state index < -0.39 is 0 Å². The topological polar surface area (TPSA) is 46.3 Å². The van der Waals surface area contributed by atoms with Crippen molar-refractivity contribution in [2.24, 2.45) is 11.7 Å². The van der Waals surface area contributed by atoms with Gasteiger partial charge >= 0.3 is 0 Å². The first-order chi connectivity index (χ1) is 7.04. The molecule has 0 heterocycles. The summed E-state index contributed by atoms with van der Waals surface area (Å²) in [5.74, 6) is 0.426. The van der Waals surface area contributed by atoms with E-state index >= 15 is 0 Å². The van der Waals surface area contributed by atoms with Gasteiger partial charge in [-0.25, -0.2) is 0 Å². The van der Waals surface area contributed by atoms with Gasteiger partial charge in [0.05, 0.1) is 0 Å². The van der Waals surface area contributed by atoms with Crippen LogP contribution in [0.5, 0.6) is 0 Å². The molecule has 3 nitrogen and oxygen atoms in total. The summed E-state index contributed by atoms with van der Waals surface area (Å²) in [6.07, 6.45) is 2.93. The molecule has 0 saturated carbocycles. The average Bonchev–Trinajstić information content (AvgIpc) is 2.18. The Balaban J connectivity index is 4.27. The van der Waals surface area contributed by atoms with Gasteiger partial charge in [0.2, 0.25) is 5.91 Å². The second-order valence-corrected chi connectivity index (χ2v) is 4.46. The van der Waals surface area contributed by atoms with Gasteiger partial charge in [-0.3, -0.25) is 4.79 Å². The van der Waals surface area contributed by atoms with Gasteiger partial charge in [-0.15, -0.1) is 0 Å². The van der Waals surface area contributed by atoms with Crippen LogP contribution in [0.4, 0.5) is 0 Å². The van der Waals surface area contributed by atoms with Crippen LogP contribution in [0.25, 0.3) is 0 Å². The molecular weight excluding hydrogens is 188 g/mol. The van der Waals surface area contributed by atoms with E-state index in [0.717, 1.165) is 25.8 Å². The molecule has 1 amide bonds. The third-order valence-corrected chi connectivity index (χ3v) is 2.65. The summed E-state index contributed by atoms with van der Waals surface area (Å²) in [5.41, 5.74) is 5.47. The second-order valence-electron chi connectivity index (χ2n) is 4.46. The number of rotatable bonds is 7. The highest BCUT2D eigenvalue weighted by Crippen LogP contribution is 2.12. The minimum Gasteiger partial charge on any atom is -0.340 e. The van der Waals surface area contributed by atoms with Crippen LogP contribution in [0.2, 0.25) is 0 Å². The third-order valence-electron chi connectivity index (χ3n) is 2.65. The lowest BCUT2D eigenvalue weighted by atomic mass is 10.0. The van der Waals surface area contributed by atoms with Crippen LogP contribution in [-0.4, -0.2) is 29.9 Å². The molecule has 0 aromatic carbocycles. The predicted molar refractivity (Wildman–Crippen MR) is 64.6 cm³/mol. The Morgan fingerprint density at radius 2 is 1.93 bits per heavy atom. The zero-order valence-corrected chi connectivity index (χ0v) is 10.6. The van der Waals surface area contributed by atoms with Gasteiger partial charge in [0.25, 0.3) is 0 Å². The molecule has 3 heteroatoms. The van der Waals surface area contributed by atoms with Gasteiger partial charge in [0.15, 0.2) is 0 Å². The molecule has 0 fully saturated rings. The van der Waals surface area contributed by atoms with E-state index in [2.05, 4.69) is 20.8 Å². The van der Waals surface area contributed by atoms with E-state index in [9.17, 15) is 4.79 Å². The SMILES string of the molecule is CCCC(C)C(=O)N(CCCN)C(C)C. The Kier molecular flexibility index (Phi) is 7.39. The van der Waals surface area contributed by atoms with Crippen LogP contribution >= 0.6 is 0 Å². The highest BCUT2D eigenvalue weighted by molar-refractivity contribution is 5.78. The van der Waals surface area contributed by atoms with Crippen molar-refractivity contribution in [2.45, 2.75) is 53.0 Å². The van der Waals surface area contributed by atoms with Gasteiger partial charge < -0.3 is 10.6 Å². The van der Waals surface area contributed by atoms with Crippen LogP contribution in [-0.2, 0) is 4.79 Å². The molecule has 0 aliphatic rings. The zero-order chi connectivity index (χ0) is 11.8. The Morgan fingerprint density at radius 3 is 2.33 bits per heavy atom. The van der Waals surface area contributed by atoms with E-state index in [4.69, 9.17) is 5.73 Å². The predicted octanol–water partition coefficient (Wildman–Crippen LogP) is 2.01. The van der Waals surface area contributed by atoms with Gasteiger partial charge in [0.1, 0.15) is 0 Å². The standard InChI is InChI=1S/C12H26N2O/c1-5-7-11(4)12(15)14(10(2)3)9-6-8-13/h10-11H,5-9,13H2,1-4H3. The van der Waals surface area contributed by atoms with Crippen LogP contribution in [0.3, 0.4) is 0 Å². The fraction of sp³-hybridized carbons (Fsp3) is 0.917. The number of amides is 1. The molecule has 0 aliphatic heterocycles. The molecule has 1 unspecified atom stereocenters. The van der Waals surface area contributed by atoms with Crippen molar-refractivity contribution in [3.63, 3.8) is 0 Å². The molecule has 90 valence electrons. The van der Waals surface area contributed by atoms with Crippen molar-refractivity contribution in [3.8, 4) is 0 Å². The number of hydrogen-bond acceptors (Lipinski definition) is 2. The number of nitrogens with zero attached hydrogens (tertiary/aromatic N) is 1. The summed E-state index contributed by atoms with van der Waals surface area (Å²) in [6, 6.07) is 0.281. The van der Waals surface area contributed by atoms with Crippen LogP contribution in [0.1, 0.15) is 47.0 Å². The summed E-state index contributed by atoms with van der Waals surface area (Å²) in [5, 5.41) is 0. The van der Waals surface area contributed by atoms with Crippen molar-refractivity contribution < 1.29 is 4.79 Å². The normalized spacial score (nSPS) is 12.9. The fourth-order valence-electron chi connectivity index (χ4n) is 1.72.